The fourth-order valence-electron chi connectivity index (χ4n) is 2.36. The van der Waals surface area contributed by atoms with Crippen LogP contribution in [0.3, 0.4) is 0 Å². The molecule has 0 spiro atoms. The van der Waals surface area contributed by atoms with Crippen molar-refractivity contribution in [1.82, 2.24) is 9.47 Å². The van der Waals surface area contributed by atoms with E-state index in [0.29, 0.717) is 11.3 Å². The van der Waals surface area contributed by atoms with Gasteiger partial charge >= 0.3 is 0 Å². The summed E-state index contributed by atoms with van der Waals surface area (Å²) in [6.07, 6.45) is 3.12. The van der Waals surface area contributed by atoms with Gasteiger partial charge in [-0.05, 0) is 42.3 Å². The number of halogens is 1. The van der Waals surface area contributed by atoms with Crippen molar-refractivity contribution in [2.24, 2.45) is 0 Å². The fourth-order valence-corrected chi connectivity index (χ4v) is 3.97. The highest BCUT2D eigenvalue weighted by Crippen LogP contribution is 2.25. The maximum Gasteiger partial charge on any atom is 0.270 e. The fraction of sp³-hybridized carbons (Fsp3) is 0.643. The summed E-state index contributed by atoms with van der Waals surface area (Å²) in [7, 11) is 0. The zero-order valence-electron chi connectivity index (χ0n) is 11.7. The number of amides is 1. The van der Waals surface area contributed by atoms with Crippen molar-refractivity contribution in [3.8, 4) is 0 Å². The standard InChI is InChI=1S/C14H21BrN2OS/c1-4-12-9-16(5-6-19-12)14(18)13-7-11(15)8-17(13)10(2)3/h7-8,10,12H,4-6,9H2,1-3H3. The number of hydrogen-bond acceptors (Lipinski definition) is 2. The molecule has 1 unspecified atom stereocenters. The molecule has 0 N–H and O–H groups in total. The van der Waals surface area contributed by atoms with Gasteiger partial charge in [0.25, 0.3) is 5.91 Å². The van der Waals surface area contributed by atoms with Crippen LogP contribution < -0.4 is 0 Å². The Kier molecular flexibility index (Phi) is 5.01. The predicted molar refractivity (Wildman–Crippen MR) is 85.0 cm³/mol. The Morgan fingerprint density at radius 1 is 1.58 bits per heavy atom. The largest absolute Gasteiger partial charge is 0.340 e. The molecular formula is C14H21BrN2OS. The van der Waals surface area contributed by atoms with E-state index in [1.54, 1.807) is 0 Å². The summed E-state index contributed by atoms with van der Waals surface area (Å²) >= 11 is 5.46. The average Bonchev–Trinajstić information content (AvgIpc) is 2.80. The molecular weight excluding hydrogens is 324 g/mol. The topological polar surface area (TPSA) is 25.2 Å². The minimum absolute atomic E-state index is 0.165. The minimum atomic E-state index is 0.165. The molecule has 0 aromatic carbocycles. The number of nitrogens with zero attached hydrogens (tertiary/aromatic N) is 2. The minimum Gasteiger partial charge on any atom is -0.340 e. The van der Waals surface area contributed by atoms with Gasteiger partial charge in [0.15, 0.2) is 0 Å². The van der Waals surface area contributed by atoms with E-state index in [9.17, 15) is 4.79 Å². The van der Waals surface area contributed by atoms with Crippen molar-refractivity contribution in [2.75, 3.05) is 18.8 Å². The Labute approximate surface area is 127 Å². The van der Waals surface area contributed by atoms with Crippen LogP contribution in [0.1, 0.15) is 43.7 Å². The lowest BCUT2D eigenvalue weighted by Gasteiger charge is -2.32. The van der Waals surface area contributed by atoms with Gasteiger partial charge in [-0.15, -0.1) is 0 Å². The maximum absolute atomic E-state index is 12.7. The van der Waals surface area contributed by atoms with Crippen molar-refractivity contribution in [3.63, 3.8) is 0 Å². The summed E-state index contributed by atoms with van der Waals surface area (Å²) in [4.78, 5) is 14.7. The van der Waals surface area contributed by atoms with Crippen LogP contribution in [0.4, 0.5) is 0 Å². The summed E-state index contributed by atoms with van der Waals surface area (Å²) < 4.78 is 3.03. The molecule has 0 aliphatic carbocycles. The van der Waals surface area contributed by atoms with Crippen molar-refractivity contribution in [2.45, 2.75) is 38.5 Å². The molecule has 1 aliphatic heterocycles. The first kappa shape index (κ1) is 15.0. The first-order chi connectivity index (χ1) is 9.02. The summed E-state index contributed by atoms with van der Waals surface area (Å²) in [5.41, 5.74) is 0.795. The Hall–Kier alpha value is -0.420. The Morgan fingerprint density at radius 3 is 2.95 bits per heavy atom. The van der Waals surface area contributed by atoms with Gasteiger partial charge in [-0.3, -0.25) is 4.79 Å². The first-order valence-electron chi connectivity index (χ1n) is 6.81. The second-order valence-corrected chi connectivity index (χ2v) is 7.52. The van der Waals surface area contributed by atoms with Crippen LogP contribution in [0.5, 0.6) is 0 Å². The van der Waals surface area contributed by atoms with Crippen LogP contribution in [-0.2, 0) is 0 Å². The third-order valence-corrected chi connectivity index (χ3v) is 5.28. The molecule has 1 amide bonds. The molecule has 2 rings (SSSR count). The monoisotopic (exact) mass is 344 g/mol. The maximum atomic E-state index is 12.7. The highest BCUT2D eigenvalue weighted by Gasteiger charge is 2.26. The molecule has 106 valence electrons. The second kappa shape index (κ2) is 6.35. The molecule has 1 aliphatic rings. The van der Waals surface area contributed by atoms with E-state index in [1.165, 1.54) is 0 Å². The highest BCUT2D eigenvalue weighted by atomic mass is 79.9. The summed E-state index contributed by atoms with van der Waals surface area (Å²) in [5.74, 6) is 1.21. The van der Waals surface area contributed by atoms with Crippen LogP contribution >= 0.6 is 27.7 Å². The molecule has 1 saturated heterocycles. The van der Waals surface area contributed by atoms with Gasteiger partial charge in [-0.1, -0.05) is 6.92 Å². The molecule has 2 heterocycles. The third kappa shape index (κ3) is 3.37. The van der Waals surface area contributed by atoms with Gasteiger partial charge in [-0.2, -0.15) is 11.8 Å². The quantitative estimate of drug-likeness (QED) is 0.833. The van der Waals surface area contributed by atoms with E-state index in [1.807, 2.05) is 28.9 Å². The zero-order valence-corrected chi connectivity index (χ0v) is 14.1. The number of hydrogen-bond donors (Lipinski definition) is 0. The number of aromatic nitrogens is 1. The summed E-state index contributed by atoms with van der Waals surface area (Å²) in [5, 5.41) is 0.587. The molecule has 0 radical (unpaired) electrons. The molecule has 1 aromatic rings. The Bertz CT molecular complexity index is 458. The number of rotatable bonds is 3. The average molecular weight is 345 g/mol. The van der Waals surface area contributed by atoms with Crippen LogP contribution in [0, 0.1) is 0 Å². The molecule has 1 fully saturated rings. The number of carbonyl (C=O) groups excluding carboxylic acids is 1. The smallest absolute Gasteiger partial charge is 0.270 e. The van der Waals surface area contributed by atoms with Crippen LogP contribution in [0.15, 0.2) is 16.7 Å². The first-order valence-corrected chi connectivity index (χ1v) is 8.65. The van der Waals surface area contributed by atoms with E-state index < -0.39 is 0 Å². The van der Waals surface area contributed by atoms with Gasteiger partial charge in [0, 0.05) is 40.8 Å². The van der Waals surface area contributed by atoms with Gasteiger partial charge < -0.3 is 9.47 Å². The normalized spacial score (nSPS) is 20.1. The van der Waals surface area contributed by atoms with E-state index in [2.05, 4.69) is 41.3 Å². The second-order valence-electron chi connectivity index (χ2n) is 5.20. The van der Waals surface area contributed by atoms with Crippen LogP contribution in [0.25, 0.3) is 0 Å². The predicted octanol–water partition coefficient (Wildman–Crippen LogP) is 3.80. The highest BCUT2D eigenvalue weighted by molar-refractivity contribution is 9.10. The zero-order chi connectivity index (χ0) is 14.0. The number of thioether (sulfide) groups is 1. The van der Waals surface area contributed by atoms with E-state index in [0.717, 1.165) is 35.4 Å². The third-order valence-electron chi connectivity index (χ3n) is 3.47. The van der Waals surface area contributed by atoms with Crippen LogP contribution in [0.2, 0.25) is 0 Å². The van der Waals surface area contributed by atoms with E-state index in [4.69, 9.17) is 0 Å². The van der Waals surface area contributed by atoms with Crippen molar-refractivity contribution >= 4 is 33.6 Å². The summed E-state index contributed by atoms with van der Waals surface area (Å²) in [6, 6.07) is 2.23. The number of carbonyl (C=O) groups is 1. The van der Waals surface area contributed by atoms with Crippen molar-refractivity contribution in [3.05, 3.63) is 22.4 Å². The summed E-state index contributed by atoms with van der Waals surface area (Å²) in [6.45, 7) is 8.13. The molecule has 5 heteroatoms. The SMILES string of the molecule is CCC1CN(C(=O)c2cc(Br)cn2C(C)C)CCS1. The molecule has 0 saturated carbocycles. The van der Waals surface area contributed by atoms with Crippen molar-refractivity contribution < 1.29 is 4.79 Å². The van der Waals surface area contributed by atoms with Gasteiger partial charge in [0.2, 0.25) is 0 Å². The Morgan fingerprint density at radius 2 is 2.32 bits per heavy atom. The lowest BCUT2D eigenvalue weighted by atomic mass is 10.2. The van der Waals surface area contributed by atoms with Crippen LogP contribution in [-0.4, -0.2) is 39.5 Å². The van der Waals surface area contributed by atoms with Crippen molar-refractivity contribution in [1.29, 1.82) is 0 Å². The molecule has 3 nitrogen and oxygen atoms in total. The van der Waals surface area contributed by atoms with Gasteiger partial charge in [-0.25, -0.2) is 0 Å². The Balaban J connectivity index is 2.19. The van der Waals surface area contributed by atoms with E-state index >= 15 is 0 Å². The molecule has 0 bridgehead atoms. The molecule has 1 atom stereocenters. The van der Waals surface area contributed by atoms with Gasteiger partial charge in [0.1, 0.15) is 5.69 Å². The molecule has 19 heavy (non-hydrogen) atoms. The lowest BCUT2D eigenvalue weighted by molar-refractivity contribution is 0.0748. The van der Waals surface area contributed by atoms with E-state index in [-0.39, 0.29) is 5.91 Å². The molecule has 1 aromatic heterocycles. The van der Waals surface area contributed by atoms with Gasteiger partial charge in [0.05, 0.1) is 0 Å². The lowest BCUT2D eigenvalue weighted by Crippen LogP contribution is -2.42.